The highest BCUT2D eigenvalue weighted by molar-refractivity contribution is 6.05. The molecule has 0 heterocycles. The van der Waals surface area contributed by atoms with E-state index in [1.165, 1.54) is 0 Å². The summed E-state index contributed by atoms with van der Waals surface area (Å²) in [6.07, 6.45) is 0.900. The summed E-state index contributed by atoms with van der Waals surface area (Å²) < 4.78 is 5.54. The van der Waals surface area contributed by atoms with Crippen molar-refractivity contribution in [3.05, 3.63) is 78.4 Å². The number of hydrogen-bond donors (Lipinski definition) is 3. The summed E-state index contributed by atoms with van der Waals surface area (Å²) in [4.78, 5) is 12.4. The summed E-state index contributed by atoms with van der Waals surface area (Å²) in [5.74, 6) is 0.386. The Morgan fingerprint density at radius 2 is 1.59 bits per heavy atom. The monoisotopic (exact) mass is 361 g/mol. The predicted molar refractivity (Wildman–Crippen MR) is 111 cm³/mol. The van der Waals surface area contributed by atoms with Gasteiger partial charge >= 0.3 is 0 Å². The van der Waals surface area contributed by atoms with E-state index in [0.717, 1.165) is 17.8 Å². The van der Waals surface area contributed by atoms with Gasteiger partial charge in [0.05, 0.1) is 12.3 Å². The molecule has 1 amide bonds. The molecule has 0 unspecified atom stereocenters. The number of carbonyl (C=O) groups is 1. The van der Waals surface area contributed by atoms with Crippen LogP contribution >= 0.6 is 0 Å². The summed E-state index contributed by atoms with van der Waals surface area (Å²) in [5.41, 5.74) is 9.59. The lowest BCUT2D eigenvalue weighted by Gasteiger charge is -2.11. The highest BCUT2D eigenvalue weighted by Gasteiger charge is 2.09. The first kappa shape index (κ1) is 18.3. The highest BCUT2D eigenvalue weighted by Crippen LogP contribution is 2.24. The molecular formula is C22H23N3O2. The molecule has 0 bridgehead atoms. The Balaban J connectivity index is 1.63. The maximum absolute atomic E-state index is 12.4. The van der Waals surface area contributed by atoms with Crippen LogP contribution in [0.4, 0.5) is 22.7 Å². The molecule has 0 aliphatic rings. The van der Waals surface area contributed by atoms with E-state index in [-0.39, 0.29) is 5.91 Å². The van der Waals surface area contributed by atoms with E-state index >= 15 is 0 Å². The Labute approximate surface area is 159 Å². The third kappa shape index (κ3) is 5.01. The van der Waals surface area contributed by atoms with Crippen molar-refractivity contribution in [2.45, 2.75) is 13.3 Å². The average Bonchev–Trinajstić information content (AvgIpc) is 2.69. The van der Waals surface area contributed by atoms with E-state index in [1.807, 2.05) is 61.5 Å². The van der Waals surface area contributed by atoms with Crippen molar-refractivity contribution >= 4 is 28.7 Å². The van der Waals surface area contributed by atoms with Crippen LogP contribution in [0.1, 0.15) is 23.7 Å². The van der Waals surface area contributed by atoms with Crippen LogP contribution in [-0.2, 0) is 0 Å². The lowest BCUT2D eigenvalue weighted by molar-refractivity contribution is 0.102. The number of amides is 1. The largest absolute Gasteiger partial charge is 0.491 e. The number of hydrogen-bond acceptors (Lipinski definition) is 4. The fourth-order valence-electron chi connectivity index (χ4n) is 2.56. The number of para-hydroxylation sites is 1. The Hall–Kier alpha value is -3.47. The van der Waals surface area contributed by atoms with Crippen LogP contribution in [0.3, 0.4) is 0 Å². The van der Waals surface area contributed by atoms with Gasteiger partial charge in [-0.3, -0.25) is 4.79 Å². The number of nitrogens with two attached hydrogens (primary N) is 1. The zero-order valence-corrected chi connectivity index (χ0v) is 15.2. The van der Waals surface area contributed by atoms with Crippen LogP contribution in [0.2, 0.25) is 0 Å². The first-order chi connectivity index (χ1) is 13.2. The van der Waals surface area contributed by atoms with E-state index in [1.54, 1.807) is 18.2 Å². The molecule has 0 spiro atoms. The molecule has 0 aromatic heterocycles. The molecule has 27 heavy (non-hydrogen) atoms. The van der Waals surface area contributed by atoms with Crippen molar-refractivity contribution in [3.63, 3.8) is 0 Å². The molecule has 0 atom stereocenters. The van der Waals surface area contributed by atoms with E-state index in [4.69, 9.17) is 10.5 Å². The van der Waals surface area contributed by atoms with Crippen molar-refractivity contribution in [1.29, 1.82) is 0 Å². The van der Waals surface area contributed by atoms with Gasteiger partial charge < -0.3 is 21.1 Å². The van der Waals surface area contributed by atoms with Gasteiger partial charge in [0.1, 0.15) is 5.75 Å². The Morgan fingerprint density at radius 3 is 2.26 bits per heavy atom. The number of nitrogens with one attached hydrogen (secondary N) is 2. The fourth-order valence-corrected chi connectivity index (χ4v) is 2.56. The molecule has 0 saturated heterocycles. The standard InChI is InChI=1S/C22H23N3O2/c1-2-14-27-21-13-8-16(15-20(21)23)22(26)25-19-11-9-18(10-12-19)24-17-6-4-3-5-7-17/h3-13,15,24H,2,14,23H2,1H3,(H,25,26). The summed E-state index contributed by atoms with van der Waals surface area (Å²) in [6.45, 7) is 2.62. The van der Waals surface area contributed by atoms with Gasteiger partial charge in [-0.15, -0.1) is 0 Å². The molecule has 5 heteroatoms. The fraction of sp³-hybridized carbons (Fsp3) is 0.136. The third-order valence-electron chi connectivity index (χ3n) is 3.94. The topological polar surface area (TPSA) is 76.4 Å². The van der Waals surface area contributed by atoms with Crippen LogP contribution in [0.25, 0.3) is 0 Å². The molecule has 0 aliphatic carbocycles. The molecule has 3 aromatic rings. The van der Waals surface area contributed by atoms with Crippen molar-refractivity contribution in [1.82, 2.24) is 0 Å². The number of rotatable bonds is 7. The van der Waals surface area contributed by atoms with Crippen molar-refractivity contribution < 1.29 is 9.53 Å². The van der Waals surface area contributed by atoms with Crippen LogP contribution in [0, 0.1) is 0 Å². The second kappa shape index (κ2) is 8.76. The minimum Gasteiger partial charge on any atom is -0.491 e. The lowest BCUT2D eigenvalue weighted by Crippen LogP contribution is -2.12. The molecule has 0 radical (unpaired) electrons. The summed E-state index contributed by atoms with van der Waals surface area (Å²) >= 11 is 0. The number of ether oxygens (including phenoxy) is 1. The van der Waals surface area contributed by atoms with Crippen LogP contribution < -0.4 is 21.1 Å². The zero-order chi connectivity index (χ0) is 19.1. The molecule has 0 saturated carbocycles. The van der Waals surface area contributed by atoms with E-state index in [9.17, 15) is 4.79 Å². The summed E-state index contributed by atoms with van der Waals surface area (Å²) in [6, 6.07) is 22.5. The van der Waals surface area contributed by atoms with Gasteiger partial charge in [-0.05, 0) is 61.0 Å². The highest BCUT2D eigenvalue weighted by atomic mass is 16.5. The van der Waals surface area contributed by atoms with Gasteiger partial charge in [0, 0.05) is 22.6 Å². The van der Waals surface area contributed by atoms with Crippen LogP contribution in [0.15, 0.2) is 72.8 Å². The van der Waals surface area contributed by atoms with Crippen molar-refractivity contribution in [3.8, 4) is 5.75 Å². The normalized spacial score (nSPS) is 10.3. The van der Waals surface area contributed by atoms with E-state index < -0.39 is 0 Å². The Bertz CT molecular complexity index is 893. The maximum atomic E-state index is 12.4. The number of anilines is 4. The maximum Gasteiger partial charge on any atom is 0.255 e. The van der Waals surface area contributed by atoms with Gasteiger partial charge in [-0.2, -0.15) is 0 Å². The van der Waals surface area contributed by atoms with Crippen LogP contribution in [-0.4, -0.2) is 12.5 Å². The molecule has 3 aromatic carbocycles. The van der Waals surface area contributed by atoms with E-state index in [2.05, 4.69) is 10.6 Å². The van der Waals surface area contributed by atoms with Gasteiger partial charge in [-0.25, -0.2) is 0 Å². The second-order valence-electron chi connectivity index (χ2n) is 6.12. The van der Waals surface area contributed by atoms with Crippen molar-refractivity contribution in [2.24, 2.45) is 0 Å². The molecule has 138 valence electrons. The predicted octanol–water partition coefficient (Wildman–Crippen LogP) is 5.05. The average molecular weight is 361 g/mol. The zero-order valence-electron chi connectivity index (χ0n) is 15.2. The Kier molecular flexibility index (Phi) is 5.94. The first-order valence-corrected chi connectivity index (χ1v) is 8.91. The van der Waals surface area contributed by atoms with Gasteiger partial charge in [-0.1, -0.05) is 25.1 Å². The molecule has 4 N–H and O–H groups in total. The second-order valence-corrected chi connectivity index (χ2v) is 6.12. The number of nitrogen functional groups attached to an aromatic ring is 1. The molecule has 0 fully saturated rings. The molecular weight excluding hydrogens is 338 g/mol. The molecule has 3 rings (SSSR count). The van der Waals surface area contributed by atoms with Gasteiger partial charge in [0.25, 0.3) is 5.91 Å². The number of benzene rings is 3. The van der Waals surface area contributed by atoms with Gasteiger partial charge in [0.2, 0.25) is 0 Å². The summed E-state index contributed by atoms with van der Waals surface area (Å²) in [5, 5.41) is 6.18. The minimum absolute atomic E-state index is 0.215. The smallest absolute Gasteiger partial charge is 0.255 e. The minimum atomic E-state index is -0.215. The lowest BCUT2D eigenvalue weighted by atomic mass is 10.1. The molecule has 0 aliphatic heterocycles. The number of carbonyl (C=O) groups excluding carboxylic acids is 1. The van der Waals surface area contributed by atoms with Crippen LogP contribution in [0.5, 0.6) is 5.75 Å². The quantitative estimate of drug-likeness (QED) is 0.515. The third-order valence-corrected chi connectivity index (χ3v) is 3.94. The van der Waals surface area contributed by atoms with Gasteiger partial charge in [0.15, 0.2) is 0 Å². The first-order valence-electron chi connectivity index (χ1n) is 8.91. The summed E-state index contributed by atoms with van der Waals surface area (Å²) in [7, 11) is 0. The molecule has 5 nitrogen and oxygen atoms in total. The van der Waals surface area contributed by atoms with Crippen molar-refractivity contribution in [2.75, 3.05) is 23.0 Å². The SMILES string of the molecule is CCCOc1ccc(C(=O)Nc2ccc(Nc3ccccc3)cc2)cc1N. The van der Waals surface area contributed by atoms with E-state index in [0.29, 0.717) is 29.3 Å². The Morgan fingerprint density at radius 1 is 0.926 bits per heavy atom.